The highest BCUT2D eigenvalue weighted by molar-refractivity contribution is 7.82. The Balaban J connectivity index is 1.51. The number of rotatable bonds is 5. The Labute approximate surface area is 163 Å². The third-order valence-corrected chi connectivity index (χ3v) is 7.22. The molecule has 1 aliphatic carbocycles. The summed E-state index contributed by atoms with van der Waals surface area (Å²) in [7, 11) is 0.654. The van der Waals surface area contributed by atoms with Crippen molar-refractivity contribution in [2.75, 3.05) is 13.6 Å². The molecule has 2 atom stereocenters. The SMILES string of the molecule is C[C@@H](c1ccccc1)N(C)S(=O)c1ccc2c(c1)CN(C(=O)C1CC1)CC2. The molecule has 27 heavy (non-hydrogen) atoms. The van der Waals surface area contributed by atoms with E-state index in [0.717, 1.165) is 41.8 Å². The predicted octanol–water partition coefficient (Wildman–Crippen LogP) is 3.70. The number of carbonyl (C=O) groups is 1. The molecule has 5 heteroatoms. The molecule has 0 N–H and O–H groups in total. The molecule has 1 aliphatic heterocycles. The van der Waals surface area contributed by atoms with Crippen molar-refractivity contribution in [2.45, 2.75) is 43.7 Å². The second kappa shape index (κ2) is 7.56. The zero-order chi connectivity index (χ0) is 19.0. The number of nitrogens with zero attached hydrogens (tertiary/aromatic N) is 2. The first-order valence-electron chi connectivity index (χ1n) is 9.65. The molecular weight excluding hydrogens is 356 g/mol. The maximum atomic E-state index is 13.1. The van der Waals surface area contributed by atoms with Gasteiger partial charge in [0.25, 0.3) is 0 Å². The van der Waals surface area contributed by atoms with Crippen molar-refractivity contribution < 1.29 is 9.00 Å². The van der Waals surface area contributed by atoms with Gasteiger partial charge in [-0.2, -0.15) is 0 Å². The van der Waals surface area contributed by atoms with E-state index in [1.54, 1.807) is 0 Å². The van der Waals surface area contributed by atoms with Gasteiger partial charge in [0, 0.05) is 32.1 Å². The predicted molar refractivity (Wildman–Crippen MR) is 107 cm³/mol. The number of benzene rings is 2. The molecule has 0 radical (unpaired) electrons. The summed E-state index contributed by atoms with van der Waals surface area (Å²) in [6.07, 6.45) is 2.96. The van der Waals surface area contributed by atoms with Crippen molar-refractivity contribution in [3.63, 3.8) is 0 Å². The van der Waals surface area contributed by atoms with Gasteiger partial charge in [-0.1, -0.05) is 36.4 Å². The van der Waals surface area contributed by atoms with Gasteiger partial charge in [-0.05, 0) is 55.0 Å². The molecule has 0 saturated heterocycles. The number of amides is 1. The Bertz CT molecular complexity index is 864. The van der Waals surface area contributed by atoms with Gasteiger partial charge in [0.2, 0.25) is 5.91 Å². The summed E-state index contributed by atoms with van der Waals surface area (Å²) < 4.78 is 15.0. The number of carbonyl (C=O) groups excluding carboxylic acids is 1. The van der Waals surface area contributed by atoms with E-state index in [2.05, 4.69) is 25.1 Å². The van der Waals surface area contributed by atoms with Crippen LogP contribution in [0.5, 0.6) is 0 Å². The Hall–Kier alpha value is -1.98. The minimum Gasteiger partial charge on any atom is -0.338 e. The lowest BCUT2D eigenvalue weighted by Gasteiger charge is -2.30. The number of fused-ring (bicyclic) bond motifs is 1. The van der Waals surface area contributed by atoms with Crippen LogP contribution >= 0.6 is 0 Å². The molecule has 2 aromatic carbocycles. The summed E-state index contributed by atoms with van der Waals surface area (Å²) in [5, 5.41) is 0. The molecule has 2 aromatic rings. The van der Waals surface area contributed by atoms with Gasteiger partial charge in [0.15, 0.2) is 0 Å². The highest BCUT2D eigenvalue weighted by atomic mass is 32.2. The molecule has 4 rings (SSSR count). The summed E-state index contributed by atoms with van der Waals surface area (Å²) in [5.41, 5.74) is 3.56. The Morgan fingerprint density at radius 3 is 2.59 bits per heavy atom. The zero-order valence-electron chi connectivity index (χ0n) is 15.9. The smallest absolute Gasteiger partial charge is 0.225 e. The third-order valence-electron chi connectivity index (χ3n) is 5.72. The van der Waals surface area contributed by atoms with Crippen LogP contribution in [0.1, 0.15) is 42.5 Å². The summed E-state index contributed by atoms with van der Waals surface area (Å²) in [6, 6.07) is 16.3. The van der Waals surface area contributed by atoms with E-state index >= 15 is 0 Å². The van der Waals surface area contributed by atoms with Crippen LogP contribution < -0.4 is 0 Å². The second-order valence-electron chi connectivity index (χ2n) is 7.60. The maximum absolute atomic E-state index is 13.1. The van der Waals surface area contributed by atoms with Crippen molar-refractivity contribution >= 4 is 16.9 Å². The van der Waals surface area contributed by atoms with Crippen LogP contribution in [0, 0.1) is 5.92 Å². The van der Waals surface area contributed by atoms with E-state index in [-0.39, 0.29) is 12.0 Å². The van der Waals surface area contributed by atoms with Crippen LogP contribution in [0.25, 0.3) is 0 Å². The first kappa shape index (κ1) is 18.4. The largest absolute Gasteiger partial charge is 0.338 e. The fraction of sp³-hybridized carbons (Fsp3) is 0.409. The van der Waals surface area contributed by atoms with Gasteiger partial charge >= 0.3 is 0 Å². The van der Waals surface area contributed by atoms with Crippen molar-refractivity contribution in [1.82, 2.24) is 9.21 Å². The number of hydrogen-bond acceptors (Lipinski definition) is 2. The molecule has 0 bridgehead atoms. The minimum atomic E-state index is -1.25. The molecule has 1 heterocycles. The van der Waals surface area contributed by atoms with E-state index in [1.165, 1.54) is 5.56 Å². The van der Waals surface area contributed by atoms with E-state index in [0.29, 0.717) is 12.5 Å². The summed E-state index contributed by atoms with van der Waals surface area (Å²) in [4.78, 5) is 15.2. The highest BCUT2D eigenvalue weighted by Gasteiger charge is 2.34. The molecule has 1 amide bonds. The van der Waals surface area contributed by atoms with Gasteiger partial charge < -0.3 is 4.90 Å². The second-order valence-corrected chi connectivity index (χ2v) is 9.14. The quantitative estimate of drug-likeness (QED) is 0.791. The fourth-order valence-electron chi connectivity index (χ4n) is 3.67. The molecule has 0 aromatic heterocycles. The van der Waals surface area contributed by atoms with Crippen molar-refractivity contribution in [2.24, 2.45) is 5.92 Å². The topological polar surface area (TPSA) is 40.6 Å². The van der Waals surface area contributed by atoms with E-state index in [9.17, 15) is 9.00 Å². The Kier molecular flexibility index (Phi) is 5.15. The van der Waals surface area contributed by atoms with Gasteiger partial charge in [0.05, 0.1) is 4.90 Å². The molecule has 1 fully saturated rings. The molecule has 2 aliphatic rings. The van der Waals surface area contributed by atoms with E-state index in [4.69, 9.17) is 0 Å². The van der Waals surface area contributed by atoms with Crippen LogP contribution in [0.15, 0.2) is 53.4 Å². The molecule has 0 spiro atoms. The monoisotopic (exact) mass is 382 g/mol. The first-order valence-corrected chi connectivity index (χ1v) is 10.8. The maximum Gasteiger partial charge on any atom is 0.225 e. The van der Waals surface area contributed by atoms with Crippen LogP contribution in [0.2, 0.25) is 0 Å². The molecule has 142 valence electrons. The summed E-state index contributed by atoms with van der Waals surface area (Å²) in [5.74, 6) is 0.545. The first-order chi connectivity index (χ1) is 13.0. The lowest BCUT2D eigenvalue weighted by Crippen LogP contribution is -2.37. The minimum absolute atomic E-state index is 0.0519. The van der Waals surface area contributed by atoms with Crippen molar-refractivity contribution in [3.8, 4) is 0 Å². The zero-order valence-corrected chi connectivity index (χ0v) is 16.7. The fourth-order valence-corrected chi connectivity index (χ4v) is 4.84. The van der Waals surface area contributed by atoms with Gasteiger partial charge in [-0.3, -0.25) is 4.79 Å². The van der Waals surface area contributed by atoms with Gasteiger partial charge in [-0.25, -0.2) is 8.51 Å². The van der Waals surface area contributed by atoms with Crippen LogP contribution in [-0.4, -0.2) is 32.9 Å². The van der Waals surface area contributed by atoms with Gasteiger partial charge in [0.1, 0.15) is 11.0 Å². The Morgan fingerprint density at radius 2 is 1.89 bits per heavy atom. The summed E-state index contributed by atoms with van der Waals surface area (Å²) >= 11 is 0. The average Bonchev–Trinajstić information content (AvgIpc) is 3.56. The van der Waals surface area contributed by atoms with Crippen LogP contribution in [-0.2, 0) is 28.7 Å². The lowest BCUT2D eigenvalue weighted by molar-refractivity contribution is -0.133. The molecule has 4 nitrogen and oxygen atoms in total. The third kappa shape index (κ3) is 3.85. The van der Waals surface area contributed by atoms with Gasteiger partial charge in [-0.15, -0.1) is 0 Å². The normalized spacial score (nSPS) is 18.9. The van der Waals surface area contributed by atoms with Crippen molar-refractivity contribution in [3.05, 3.63) is 65.2 Å². The van der Waals surface area contributed by atoms with Crippen molar-refractivity contribution in [1.29, 1.82) is 0 Å². The average molecular weight is 383 g/mol. The van der Waals surface area contributed by atoms with E-state index < -0.39 is 11.0 Å². The summed E-state index contributed by atoms with van der Waals surface area (Å²) in [6.45, 7) is 3.52. The highest BCUT2D eigenvalue weighted by Crippen LogP contribution is 2.33. The lowest BCUT2D eigenvalue weighted by atomic mass is 9.99. The Morgan fingerprint density at radius 1 is 1.15 bits per heavy atom. The molecule has 1 saturated carbocycles. The van der Waals surface area contributed by atoms with Crippen LogP contribution in [0.3, 0.4) is 0 Å². The van der Waals surface area contributed by atoms with Crippen LogP contribution in [0.4, 0.5) is 0 Å². The number of hydrogen-bond donors (Lipinski definition) is 0. The standard InChI is InChI=1S/C22H26N2O2S/c1-16(17-6-4-3-5-7-17)23(2)27(26)21-11-10-18-12-13-24(15-20(18)14-21)22(25)19-8-9-19/h3-7,10-11,14,16,19H,8-9,12-13,15H2,1-2H3/t16-,27?/m0/s1. The molecular formula is C22H26N2O2S. The van der Waals surface area contributed by atoms with E-state index in [1.807, 2.05) is 46.6 Å². The molecule has 1 unspecified atom stereocenters.